The summed E-state index contributed by atoms with van der Waals surface area (Å²) < 4.78 is 0. The van der Waals surface area contributed by atoms with Gasteiger partial charge in [-0.15, -0.1) is 0 Å². The van der Waals surface area contributed by atoms with E-state index in [4.69, 9.17) is 10.8 Å². The maximum atomic E-state index is 8.51. The minimum Gasteiger partial charge on any atom is -0.396 e. The van der Waals surface area contributed by atoms with Crippen LogP contribution in [0.2, 0.25) is 0 Å². The van der Waals surface area contributed by atoms with Crippen molar-refractivity contribution >= 4 is 0 Å². The first-order valence-electron chi connectivity index (χ1n) is 3.56. The van der Waals surface area contributed by atoms with Gasteiger partial charge in [-0.3, -0.25) is 0 Å². The molecule has 0 fully saturated rings. The van der Waals surface area contributed by atoms with E-state index in [1.54, 1.807) is 6.20 Å². The van der Waals surface area contributed by atoms with Gasteiger partial charge in [0.1, 0.15) is 0 Å². The molecule has 11 heavy (non-hydrogen) atoms. The predicted molar refractivity (Wildman–Crippen MR) is 39.6 cm³/mol. The second kappa shape index (κ2) is 4.05. The highest BCUT2D eigenvalue weighted by atomic mass is 16.2. The summed E-state index contributed by atoms with van der Waals surface area (Å²) in [7, 11) is 0. The van der Waals surface area contributed by atoms with Gasteiger partial charge in [-0.2, -0.15) is 15.4 Å². The normalized spacial score (nSPS) is 13.3. The third-order valence-corrected chi connectivity index (χ3v) is 1.49. The maximum absolute atomic E-state index is 8.51. The molecular formula is C6H12N4O. The SMILES string of the molecule is NC(CCCO)c1cn[nH]n1. The molecule has 1 unspecified atom stereocenters. The van der Waals surface area contributed by atoms with Crippen LogP contribution in [-0.2, 0) is 0 Å². The van der Waals surface area contributed by atoms with Crippen LogP contribution in [0.25, 0.3) is 0 Å². The minimum atomic E-state index is -0.110. The van der Waals surface area contributed by atoms with Gasteiger partial charge in [0.05, 0.1) is 17.9 Å². The van der Waals surface area contributed by atoms with Crippen molar-refractivity contribution in [3.8, 4) is 0 Å². The zero-order valence-electron chi connectivity index (χ0n) is 6.20. The van der Waals surface area contributed by atoms with Crippen LogP contribution < -0.4 is 5.73 Å². The molecule has 1 heterocycles. The summed E-state index contributed by atoms with van der Waals surface area (Å²) in [6, 6.07) is -0.110. The molecule has 1 atom stereocenters. The van der Waals surface area contributed by atoms with E-state index >= 15 is 0 Å². The summed E-state index contributed by atoms with van der Waals surface area (Å²) in [6.45, 7) is 0.172. The van der Waals surface area contributed by atoms with Crippen molar-refractivity contribution in [3.05, 3.63) is 11.9 Å². The fraction of sp³-hybridized carbons (Fsp3) is 0.667. The van der Waals surface area contributed by atoms with Gasteiger partial charge < -0.3 is 10.8 Å². The molecule has 0 bridgehead atoms. The monoisotopic (exact) mass is 156 g/mol. The fourth-order valence-electron chi connectivity index (χ4n) is 0.848. The van der Waals surface area contributed by atoms with E-state index < -0.39 is 0 Å². The van der Waals surface area contributed by atoms with Crippen molar-refractivity contribution in [1.29, 1.82) is 0 Å². The molecule has 1 aromatic heterocycles. The topological polar surface area (TPSA) is 87.8 Å². The number of aliphatic hydroxyl groups excluding tert-OH is 1. The number of nitrogens with zero attached hydrogens (tertiary/aromatic N) is 2. The zero-order valence-corrected chi connectivity index (χ0v) is 6.20. The number of aliphatic hydroxyl groups is 1. The first-order chi connectivity index (χ1) is 5.34. The number of aromatic nitrogens is 3. The number of nitrogens with two attached hydrogens (primary N) is 1. The van der Waals surface area contributed by atoms with Gasteiger partial charge in [0.25, 0.3) is 0 Å². The lowest BCUT2D eigenvalue weighted by atomic mass is 10.1. The zero-order chi connectivity index (χ0) is 8.10. The molecule has 5 nitrogen and oxygen atoms in total. The largest absolute Gasteiger partial charge is 0.396 e. The minimum absolute atomic E-state index is 0.110. The average molecular weight is 156 g/mol. The highest BCUT2D eigenvalue weighted by Gasteiger charge is 2.06. The summed E-state index contributed by atoms with van der Waals surface area (Å²) in [6.07, 6.45) is 3.04. The smallest absolute Gasteiger partial charge is 0.0991 e. The van der Waals surface area contributed by atoms with Crippen molar-refractivity contribution in [2.75, 3.05) is 6.61 Å². The molecule has 0 saturated heterocycles. The van der Waals surface area contributed by atoms with Crippen LogP contribution in [-0.4, -0.2) is 27.1 Å². The molecule has 0 saturated carbocycles. The lowest BCUT2D eigenvalue weighted by Gasteiger charge is -2.04. The molecule has 62 valence electrons. The summed E-state index contributed by atoms with van der Waals surface area (Å²) in [5.41, 5.74) is 6.44. The Balaban J connectivity index is 2.36. The Morgan fingerprint density at radius 3 is 3.09 bits per heavy atom. The number of nitrogens with one attached hydrogen (secondary N) is 1. The number of H-pyrrole nitrogens is 1. The van der Waals surface area contributed by atoms with Crippen LogP contribution in [0.5, 0.6) is 0 Å². The molecule has 1 aromatic rings. The second-order valence-electron chi connectivity index (χ2n) is 2.37. The van der Waals surface area contributed by atoms with Crippen LogP contribution in [0.1, 0.15) is 24.6 Å². The van der Waals surface area contributed by atoms with Crippen molar-refractivity contribution in [2.24, 2.45) is 5.73 Å². The fourth-order valence-corrected chi connectivity index (χ4v) is 0.848. The predicted octanol–water partition coefficient (Wildman–Crippen LogP) is -0.423. The van der Waals surface area contributed by atoms with E-state index in [1.807, 2.05) is 0 Å². The molecule has 1 rings (SSSR count). The lowest BCUT2D eigenvalue weighted by Crippen LogP contribution is -2.11. The molecule has 0 aliphatic rings. The van der Waals surface area contributed by atoms with E-state index in [0.717, 1.165) is 12.1 Å². The van der Waals surface area contributed by atoms with E-state index in [1.165, 1.54) is 0 Å². The molecule has 0 radical (unpaired) electrons. The average Bonchev–Trinajstić information content (AvgIpc) is 2.52. The molecule has 0 aliphatic carbocycles. The Bertz CT molecular complexity index is 186. The van der Waals surface area contributed by atoms with Crippen LogP contribution in [0, 0.1) is 0 Å². The number of rotatable bonds is 4. The molecule has 0 amide bonds. The van der Waals surface area contributed by atoms with Crippen molar-refractivity contribution < 1.29 is 5.11 Å². The maximum Gasteiger partial charge on any atom is 0.0991 e. The Morgan fingerprint density at radius 1 is 1.73 bits per heavy atom. The Kier molecular flexibility index (Phi) is 3.00. The Hall–Kier alpha value is -0.940. The van der Waals surface area contributed by atoms with Crippen molar-refractivity contribution in [3.63, 3.8) is 0 Å². The molecule has 0 spiro atoms. The van der Waals surface area contributed by atoms with E-state index in [2.05, 4.69) is 15.4 Å². The number of aromatic amines is 1. The molecule has 0 aromatic carbocycles. The standard InChI is InChI=1S/C6H12N4O/c7-5(2-1-3-11)6-4-8-10-9-6/h4-5,11H,1-3,7H2,(H,8,9,10). The third kappa shape index (κ3) is 2.28. The van der Waals surface area contributed by atoms with E-state index in [9.17, 15) is 0 Å². The van der Waals surface area contributed by atoms with Crippen molar-refractivity contribution in [1.82, 2.24) is 15.4 Å². The van der Waals surface area contributed by atoms with Crippen LogP contribution in [0.4, 0.5) is 0 Å². The lowest BCUT2D eigenvalue weighted by molar-refractivity contribution is 0.279. The summed E-state index contributed by atoms with van der Waals surface area (Å²) in [4.78, 5) is 0. The van der Waals surface area contributed by atoms with Gasteiger partial charge in [-0.05, 0) is 12.8 Å². The van der Waals surface area contributed by atoms with Gasteiger partial charge in [-0.1, -0.05) is 0 Å². The highest BCUT2D eigenvalue weighted by Crippen LogP contribution is 2.10. The van der Waals surface area contributed by atoms with Gasteiger partial charge in [-0.25, -0.2) is 0 Å². The summed E-state index contributed by atoms with van der Waals surface area (Å²) in [5.74, 6) is 0. The molecule has 5 heteroatoms. The van der Waals surface area contributed by atoms with Gasteiger partial charge in [0, 0.05) is 6.61 Å². The molecule has 4 N–H and O–H groups in total. The summed E-state index contributed by atoms with van der Waals surface area (Å²) in [5, 5.41) is 18.5. The number of hydrogen-bond donors (Lipinski definition) is 3. The van der Waals surface area contributed by atoms with Gasteiger partial charge in [0.15, 0.2) is 0 Å². The highest BCUT2D eigenvalue weighted by molar-refractivity contribution is 4.97. The van der Waals surface area contributed by atoms with Gasteiger partial charge >= 0.3 is 0 Å². The number of hydrogen-bond acceptors (Lipinski definition) is 4. The summed E-state index contributed by atoms with van der Waals surface area (Å²) >= 11 is 0. The van der Waals surface area contributed by atoms with Crippen LogP contribution >= 0.6 is 0 Å². The third-order valence-electron chi connectivity index (χ3n) is 1.49. The van der Waals surface area contributed by atoms with Gasteiger partial charge in [0.2, 0.25) is 0 Å². The van der Waals surface area contributed by atoms with Crippen molar-refractivity contribution in [2.45, 2.75) is 18.9 Å². The van der Waals surface area contributed by atoms with E-state index in [-0.39, 0.29) is 12.6 Å². The second-order valence-corrected chi connectivity index (χ2v) is 2.37. The first-order valence-corrected chi connectivity index (χ1v) is 3.56. The van der Waals surface area contributed by atoms with E-state index in [0.29, 0.717) is 6.42 Å². The Morgan fingerprint density at radius 2 is 2.55 bits per heavy atom. The molecular weight excluding hydrogens is 144 g/mol. The van der Waals surface area contributed by atoms with Crippen LogP contribution in [0.3, 0.4) is 0 Å². The molecule has 0 aliphatic heterocycles. The Labute approximate surface area is 64.6 Å². The first kappa shape index (κ1) is 8.16. The van der Waals surface area contributed by atoms with Crippen LogP contribution in [0.15, 0.2) is 6.20 Å². The quantitative estimate of drug-likeness (QED) is 0.552.